The molecule has 6 heteroatoms. The van der Waals surface area contributed by atoms with E-state index in [1.54, 1.807) is 18.9 Å². The fraction of sp³-hybridized carbons (Fsp3) is 0.800. The van der Waals surface area contributed by atoms with Crippen molar-refractivity contribution in [2.24, 2.45) is 5.92 Å². The first-order chi connectivity index (χ1) is 7.52. The quantitative estimate of drug-likeness (QED) is 0.720. The second-order valence-corrected chi connectivity index (χ2v) is 4.05. The van der Waals surface area contributed by atoms with Gasteiger partial charge in [0.1, 0.15) is 0 Å². The highest BCUT2D eigenvalue weighted by molar-refractivity contribution is 5.76. The minimum absolute atomic E-state index is 0.0973. The Morgan fingerprint density at radius 1 is 1.62 bits per heavy atom. The van der Waals surface area contributed by atoms with Crippen LogP contribution in [0.1, 0.15) is 13.3 Å². The summed E-state index contributed by atoms with van der Waals surface area (Å²) >= 11 is 0. The van der Waals surface area contributed by atoms with E-state index in [0.29, 0.717) is 13.2 Å². The lowest BCUT2D eigenvalue weighted by molar-refractivity contribution is -0.140. The van der Waals surface area contributed by atoms with E-state index in [4.69, 9.17) is 9.84 Å². The van der Waals surface area contributed by atoms with Gasteiger partial charge in [0.15, 0.2) is 0 Å². The highest BCUT2D eigenvalue weighted by Gasteiger charge is 2.24. The summed E-state index contributed by atoms with van der Waals surface area (Å²) in [6.07, 6.45) is 0.832. The van der Waals surface area contributed by atoms with Crippen LogP contribution in [0, 0.1) is 5.92 Å². The van der Waals surface area contributed by atoms with E-state index in [1.807, 2.05) is 0 Å². The first-order valence-electron chi connectivity index (χ1n) is 5.33. The zero-order valence-corrected chi connectivity index (χ0v) is 9.60. The van der Waals surface area contributed by atoms with Gasteiger partial charge in [-0.05, 0) is 6.42 Å². The van der Waals surface area contributed by atoms with Crippen LogP contribution in [-0.4, -0.2) is 54.9 Å². The number of aliphatic carboxylic acids is 1. The molecule has 0 radical (unpaired) electrons. The number of hydrogen-bond acceptors (Lipinski definition) is 3. The molecule has 0 spiro atoms. The van der Waals surface area contributed by atoms with E-state index in [0.717, 1.165) is 6.42 Å². The highest BCUT2D eigenvalue weighted by atomic mass is 16.5. The van der Waals surface area contributed by atoms with Gasteiger partial charge in [0.05, 0.1) is 18.6 Å². The molecule has 92 valence electrons. The molecule has 1 aliphatic heterocycles. The number of hydrogen-bond donors (Lipinski definition) is 2. The third kappa shape index (κ3) is 3.37. The molecule has 1 rings (SSSR count). The number of ether oxygens (including phenoxy) is 1. The number of urea groups is 1. The van der Waals surface area contributed by atoms with Crippen LogP contribution in [0.4, 0.5) is 4.79 Å². The first-order valence-corrected chi connectivity index (χ1v) is 5.33. The van der Waals surface area contributed by atoms with Gasteiger partial charge in [-0.25, -0.2) is 4.79 Å². The van der Waals surface area contributed by atoms with Crippen LogP contribution in [0.25, 0.3) is 0 Å². The number of likely N-dealkylation sites (N-methyl/N-ethyl adjacent to an activating group) is 1. The van der Waals surface area contributed by atoms with Crippen molar-refractivity contribution in [1.29, 1.82) is 0 Å². The molecule has 1 heterocycles. The lowest BCUT2D eigenvalue weighted by Gasteiger charge is -2.23. The molecular weight excluding hydrogens is 212 g/mol. The van der Waals surface area contributed by atoms with E-state index in [-0.39, 0.29) is 18.6 Å². The van der Waals surface area contributed by atoms with Gasteiger partial charge in [-0.15, -0.1) is 0 Å². The lowest BCUT2D eigenvalue weighted by Crippen LogP contribution is -2.45. The Balaban J connectivity index is 2.31. The SMILES string of the molecule is CC(CNC(=O)N(C)C1CCOC1)C(=O)O. The number of carbonyl (C=O) groups excluding carboxylic acids is 1. The summed E-state index contributed by atoms with van der Waals surface area (Å²) in [4.78, 5) is 23.7. The van der Waals surface area contributed by atoms with Crippen LogP contribution < -0.4 is 5.32 Å². The van der Waals surface area contributed by atoms with E-state index < -0.39 is 11.9 Å². The van der Waals surface area contributed by atoms with Crippen molar-refractivity contribution in [3.63, 3.8) is 0 Å². The van der Waals surface area contributed by atoms with Crippen molar-refractivity contribution in [3.05, 3.63) is 0 Å². The van der Waals surface area contributed by atoms with Gasteiger partial charge in [0.25, 0.3) is 0 Å². The predicted octanol–water partition coefficient (Wildman–Crippen LogP) is 0.137. The highest BCUT2D eigenvalue weighted by Crippen LogP contribution is 2.10. The second-order valence-electron chi connectivity index (χ2n) is 4.05. The summed E-state index contributed by atoms with van der Waals surface area (Å²) < 4.78 is 5.18. The normalized spacial score (nSPS) is 21.5. The maximum atomic E-state index is 11.6. The van der Waals surface area contributed by atoms with Gasteiger partial charge in [-0.1, -0.05) is 6.92 Å². The zero-order valence-electron chi connectivity index (χ0n) is 9.60. The van der Waals surface area contributed by atoms with Crippen molar-refractivity contribution in [2.45, 2.75) is 19.4 Å². The Kier molecular flexibility index (Phi) is 4.54. The molecule has 0 saturated carbocycles. The van der Waals surface area contributed by atoms with Crippen LogP contribution in [0.15, 0.2) is 0 Å². The fourth-order valence-electron chi connectivity index (χ4n) is 1.45. The van der Waals surface area contributed by atoms with Gasteiger partial charge in [-0.3, -0.25) is 4.79 Å². The van der Waals surface area contributed by atoms with Crippen LogP contribution >= 0.6 is 0 Å². The lowest BCUT2D eigenvalue weighted by atomic mass is 10.2. The maximum Gasteiger partial charge on any atom is 0.317 e. The van der Waals surface area contributed by atoms with Gasteiger partial charge in [-0.2, -0.15) is 0 Å². The number of carboxylic acid groups (broad SMARTS) is 1. The third-order valence-corrected chi connectivity index (χ3v) is 2.75. The van der Waals surface area contributed by atoms with Gasteiger partial charge in [0.2, 0.25) is 0 Å². The summed E-state index contributed by atoms with van der Waals surface area (Å²) in [7, 11) is 1.69. The van der Waals surface area contributed by atoms with E-state index in [9.17, 15) is 9.59 Å². The Hall–Kier alpha value is -1.30. The molecule has 1 aliphatic rings. The molecule has 1 fully saturated rings. The molecule has 2 N–H and O–H groups in total. The van der Waals surface area contributed by atoms with E-state index in [2.05, 4.69) is 5.32 Å². The molecule has 2 atom stereocenters. The van der Waals surface area contributed by atoms with Crippen molar-refractivity contribution >= 4 is 12.0 Å². The van der Waals surface area contributed by atoms with Crippen molar-refractivity contribution in [1.82, 2.24) is 10.2 Å². The molecule has 0 aromatic heterocycles. The fourth-order valence-corrected chi connectivity index (χ4v) is 1.45. The standard InChI is InChI=1S/C10H18N2O4/c1-7(9(13)14)5-11-10(15)12(2)8-3-4-16-6-8/h7-8H,3-6H2,1-2H3,(H,11,15)(H,13,14). The summed E-state index contributed by atoms with van der Waals surface area (Å²) in [5.41, 5.74) is 0. The Morgan fingerprint density at radius 3 is 2.81 bits per heavy atom. The van der Waals surface area contributed by atoms with Crippen LogP contribution in [0.5, 0.6) is 0 Å². The zero-order chi connectivity index (χ0) is 12.1. The molecule has 2 amide bonds. The van der Waals surface area contributed by atoms with Gasteiger partial charge in [0, 0.05) is 20.2 Å². The van der Waals surface area contributed by atoms with Crippen molar-refractivity contribution in [3.8, 4) is 0 Å². The van der Waals surface area contributed by atoms with Crippen LogP contribution in [0.3, 0.4) is 0 Å². The molecule has 0 aromatic rings. The van der Waals surface area contributed by atoms with Gasteiger partial charge < -0.3 is 20.1 Å². The number of carbonyl (C=O) groups is 2. The van der Waals surface area contributed by atoms with Crippen LogP contribution in [0.2, 0.25) is 0 Å². The second kappa shape index (κ2) is 5.69. The molecule has 2 unspecified atom stereocenters. The van der Waals surface area contributed by atoms with Crippen molar-refractivity contribution < 1.29 is 19.4 Å². The van der Waals surface area contributed by atoms with Crippen LogP contribution in [-0.2, 0) is 9.53 Å². The number of carboxylic acids is 1. The summed E-state index contributed by atoms with van der Waals surface area (Å²) in [5.74, 6) is -1.48. The monoisotopic (exact) mass is 230 g/mol. The molecule has 6 nitrogen and oxygen atoms in total. The van der Waals surface area contributed by atoms with E-state index >= 15 is 0 Å². The molecule has 1 saturated heterocycles. The van der Waals surface area contributed by atoms with E-state index in [1.165, 1.54) is 0 Å². The van der Waals surface area contributed by atoms with Gasteiger partial charge >= 0.3 is 12.0 Å². The molecule has 0 aromatic carbocycles. The number of nitrogens with one attached hydrogen (secondary N) is 1. The minimum atomic E-state index is -0.910. The summed E-state index contributed by atoms with van der Waals surface area (Å²) in [5, 5.41) is 11.3. The predicted molar refractivity (Wildman–Crippen MR) is 57.2 cm³/mol. The smallest absolute Gasteiger partial charge is 0.317 e. The summed E-state index contributed by atoms with van der Waals surface area (Å²) in [6.45, 7) is 2.93. The Morgan fingerprint density at radius 2 is 2.31 bits per heavy atom. The third-order valence-electron chi connectivity index (χ3n) is 2.75. The van der Waals surface area contributed by atoms with Crippen molar-refractivity contribution in [2.75, 3.05) is 26.8 Å². The largest absolute Gasteiger partial charge is 0.481 e. The molecule has 16 heavy (non-hydrogen) atoms. The number of amides is 2. The number of rotatable bonds is 4. The summed E-state index contributed by atoms with van der Waals surface area (Å²) in [6, 6.07) is -0.149. The maximum absolute atomic E-state index is 11.6. The Labute approximate surface area is 94.6 Å². The molecule has 0 bridgehead atoms. The molecule has 0 aliphatic carbocycles. The first kappa shape index (κ1) is 12.8. The Bertz CT molecular complexity index is 264. The average molecular weight is 230 g/mol. The minimum Gasteiger partial charge on any atom is -0.481 e. The molecular formula is C10H18N2O4. The number of nitrogens with zero attached hydrogens (tertiary/aromatic N) is 1. The topological polar surface area (TPSA) is 78.9 Å². The average Bonchev–Trinajstić information content (AvgIpc) is 2.77.